The van der Waals surface area contributed by atoms with Crippen LogP contribution in [-0.2, 0) is 9.47 Å². The van der Waals surface area contributed by atoms with Gasteiger partial charge in [-0.25, -0.2) is 0 Å². The summed E-state index contributed by atoms with van der Waals surface area (Å²) < 4.78 is 28.4. The third-order valence-electron chi connectivity index (χ3n) is 5.07. The van der Waals surface area contributed by atoms with Crippen LogP contribution in [0.3, 0.4) is 0 Å². The average Bonchev–Trinajstić information content (AvgIpc) is 3.12. The van der Waals surface area contributed by atoms with Crippen LogP contribution in [0.15, 0.2) is 58.6 Å². The van der Waals surface area contributed by atoms with Gasteiger partial charge in [-0.2, -0.15) is 0 Å². The van der Waals surface area contributed by atoms with Crippen LogP contribution in [0.2, 0.25) is 0 Å². The first-order valence-electron chi connectivity index (χ1n) is 9.35. The molecule has 1 atom stereocenters. The smallest absolute Gasteiger partial charge is 0.188 e. The normalized spacial score (nSPS) is 17.6. The first-order chi connectivity index (χ1) is 14.1. The van der Waals surface area contributed by atoms with Crippen LogP contribution in [0, 0.1) is 0 Å². The Bertz CT molecular complexity index is 948. The average molecular weight is 459 g/mol. The van der Waals surface area contributed by atoms with Crippen molar-refractivity contribution in [2.45, 2.75) is 18.8 Å². The molecule has 6 heteroatoms. The van der Waals surface area contributed by atoms with E-state index in [2.05, 4.69) is 22.5 Å². The van der Waals surface area contributed by atoms with Gasteiger partial charge in [0.2, 0.25) is 0 Å². The molecule has 0 aromatic heterocycles. The minimum atomic E-state index is 0.203. The second kappa shape index (κ2) is 8.61. The maximum Gasteiger partial charge on any atom is 0.188 e. The van der Waals surface area contributed by atoms with Gasteiger partial charge in [0.05, 0.1) is 4.47 Å². The van der Waals surface area contributed by atoms with Gasteiger partial charge in [0.15, 0.2) is 13.6 Å². The Morgan fingerprint density at radius 3 is 2.41 bits per heavy atom. The first-order valence-corrected chi connectivity index (χ1v) is 10.1. The number of halogens is 1. The van der Waals surface area contributed by atoms with Gasteiger partial charge >= 0.3 is 0 Å². The Balaban J connectivity index is 1.71. The molecule has 1 fully saturated rings. The predicted octanol–water partition coefficient (Wildman–Crippen LogP) is 5.65. The van der Waals surface area contributed by atoms with Gasteiger partial charge in [0, 0.05) is 31.3 Å². The summed E-state index contributed by atoms with van der Waals surface area (Å²) in [6.07, 6.45) is 1.74. The fourth-order valence-electron chi connectivity index (χ4n) is 3.82. The maximum atomic E-state index is 6.43. The molecule has 29 heavy (non-hydrogen) atoms. The van der Waals surface area contributed by atoms with E-state index < -0.39 is 0 Å². The molecule has 0 bridgehead atoms. The number of rotatable bonds is 7. The second-order valence-electron chi connectivity index (χ2n) is 7.09. The fourth-order valence-corrected chi connectivity index (χ4v) is 4.36. The lowest BCUT2D eigenvalue weighted by molar-refractivity contribution is 0.0508. The van der Waals surface area contributed by atoms with Crippen LogP contribution in [-0.4, -0.2) is 27.8 Å². The van der Waals surface area contributed by atoms with Crippen molar-refractivity contribution in [3.05, 3.63) is 69.7 Å². The quantitative estimate of drug-likeness (QED) is 0.396. The molecule has 0 saturated heterocycles. The van der Waals surface area contributed by atoms with Gasteiger partial charge in [-0.05, 0) is 70.7 Å². The zero-order valence-corrected chi connectivity index (χ0v) is 18.1. The largest absolute Gasteiger partial charge is 0.468 e. The summed E-state index contributed by atoms with van der Waals surface area (Å²) in [6, 6.07) is 11.8. The zero-order chi connectivity index (χ0) is 20.4. The van der Waals surface area contributed by atoms with Crippen LogP contribution < -0.4 is 14.2 Å². The summed E-state index contributed by atoms with van der Waals surface area (Å²) in [5, 5.41) is 0. The highest BCUT2D eigenvalue weighted by atomic mass is 79.9. The summed E-state index contributed by atoms with van der Waals surface area (Å²) in [5.41, 5.74) is 4.59. The van der Waals surface area contributed by atoms with Crippen molar-refractivity contribution in [1.29, 1.82) is 0 Å². The Morgan fingerprint density at radius 1 is 1.03 bits per heavy atom. The van der Waals surface area contributed by atoms with E-state index in [1.807, 2.05) is 36.4 Å². The fraction of sp³-hybridized carbons (Fsp3) is 0.304. The van der Waals surface area contributed by atoms with E-state index in [4.69, 9.17) is 23.7 Å². The third kappa shape index (κ3) is 4.06. The highest BCUT2D eigenvalue weighted by molar-refractivity contribution is 9.10. The molecule has 4 rings (SSSR count). The Kier molecular flexibility index (Phi) is 5.94. The Morgan fingerprint density at radius 2 is 1.72 bits per heavy atom. The van der Waals surface area contributed by atoms with E-state index in [1.54, 1.807) is 14.2 Å². The predicted molar refractivity (Wildman–Crippen MR) is 114 cm³/mol. The third-order valence-corrected chi connectivity index (χ3v) is 5.66. The molecule has 0 spiro atoms. The molecule has 1 aliphatic carbocycles. The number of ether oxygens (including phenoxy) is 5. The Labute approximate surface area is 179 Å². The highest BCUT2D eigenvalue weighted by Crippen LogP contribution is 2.54. The zero-order valence-electron chi connectivity index (χ0n) is 16.5. The molecule has 2 aliphatic rings. The first kappa shape index (κ1) is 20.0. The summed E-state index contributed by atoms with van der Waals surface area (Å²) >= 11 is 3.65. The second-order valence-corrected chi connectivity index (χ2v) is 7.94. The molecule has 2 aromatic carbocycles. The summed E-state index contributed by atoms with van der Waals surface area (Å²) in [7, 11) is 3.21. The molecular formula is C23H23BrO5. The lowest BCUT2D eigenvalue weighted by Crippen LogP contribution is -2.13. The van der Waals surface area contributed by atoms with Crippen molar-refractivity contribution in [3.8, 4) is 17.2 Å². The van der Waals surface area contributed by atoms with Crippen LogP contribution in [0.4, 0.5) is 0 Å². The number of hydrogen-bond donors (Lipinski definition) is 0. The van der Waals surface area contributed by atoms with Crippen molar-refractivity contribution >= 4 is 21.7 Å². The molecule has 152 valence electrons. The lowest BCUT2D eigenvalue weighted by Gasteiger charge is -2.28. The SMILES string of the molecule is C=C1CC2=C(c3ccc(OCOC)cc3)Oc3c(Br)cc(OCOC)cc3C2C1. The van der Waals surface area contributed by atoms with E-state index in [1.165, 1.54) is 11.1 Å². The van der Waals surface area contributed by atoms with E-state index in [-0.39, 0.29) is 19.5 Å². The van der Waals surface area contributed by atoms with Crippen LogP contribution in [0.5, 0.6) is 17.2 Å². The van der Waals surface area contributed by atoms with E-state index in [0.29, 0.717) is 0 Å². The highest BCUT2D eigenvalue weighted by Gasteiger charge is 2.36. The minimum Gasteiger partial charge on any atom is -0.468 e. The van der Waals surface area contributed by atoms with Crippen LogP contribution in [0.1, 0.15) is 29.9 Å². The monoisotopic (exact) mass is 458 g/mol. The number of methoxy groups -OCH3 is 2. The molecule has 1 aliphatic heterocycles. The summed E-state index contributed by atoms with van der Waals surface area (Å²) in [5.74, 6) is 3.46. The topological polar surface area (TPSA) is 46.2 Å². The van der Waals surface area contributed by atoms with Crippen molar-refractivity contribution in [3.63, 3.8) is 0 Å². The molecule has 1 heterocycles. The van der Waals surface area contributed by atoms with Gasteiger partial charge in [-0.1, -0.05) is 12.2 Å². The minimum absolute atomic E-state index is 0.203. The number of benzene rings is 2. The standard InChI is InChI=1S/C23H23BrO5/c1-14-8-18-19(9-14)22(15-4-6-16(7-5-15)27-12-25-2)29-23-20(18)10-17(11-21(23)24)28-13-26-3/h4-7,10-11,18H,1,8-9,12-13H2,2-3H3. The Hall–Kier alpha value is -2.28. The number of allylic oxidation sites excluding steroid dienone is 2. The van der Waals surface area contributed by atoms with Crippen LogP contribution >= 0.6 is 15.9 Å². The molecule has 5 nitrogen and oxygen atoms in total. The molecule has 1 saturated carbocycles. The van der Waals surface area contributed by atoms with Crippen LogP contribution in [0.25, 0.3) is 5.76 Å². The van der Waals surface area contributed by atoms with Gasteiger partial charge in [-0.3, -0.25) is 0 Å². The van der Waals surface area contributed by atoms with Crippen molar-refractivity contribution in [1.82, 2.24) is 0 Å². The van der Waals surface area contributed by atoms with E-state index in [0.717, 1.165) is 51.4 Å². The van der Waals surface area contributed by atoms with Crippen molar-refractivity contribution in [2.75, 3.05) is 27.8 Å². The lowest BCUT2D eigenvalue weighted by atomic mass is 9.88. The number of hydrogen-bond acceptors (Lipinski definition) is 5. The summed E-state index contributed by atoms with van der Waals surface area (Å²) in [4.78, 5) is 0. The molecular weight excluding hydrogens is 436 g/mol. The van der Waals surface area contributed by atoms with Gasteiger partial charge in [-0.15, -0.1) is 0 Å². The van der Waals surface area contributed by atoms with Crippen molar-refractivity contribution in [2.24, 2.45) is 0 Å². The summed E-state index contributed by atoms with van der Waals surface area (Å²) in [6.45, 7) is 4.66. The van der Waals surface area contributed by atoms with Crippen molar-refractivity contribution < 1.29 is 23.7 Å². The molecule has 2 aromatic rings. The molecule has 1 unspecified atom stereocenters. The van der Waals surface area contributed by atoms with Gasteiger partial charge in [0.25, 0.3) is 0 Å². The molecule has 0 N–H and O–H groups in total. The maximum absolute atomic E-state index is 6.43. The molecule has 0 radical (unpaired) electrons. The number of fused-ring (bicyclic) bond motifs is 3. The van der Waals surface area contributed by atoms with E-state index >= 15 is 0 Å². The van der Waals surface area contributed by atoms with Gasteiger partial charge in [0.1, 0.15) is 23.0 Å². The van der Waals surface area contributed by atoms with Gasteiger partial charge < -0.3 is 23.7 Å². The molecule has 0 amide bonds. The van der Waals surface area contributed by atoms with E-state index in [9.17, 15) is 0 Å².